The molecule has 0 unspecified atom stereocenters. The molecule has 148 valence electrons. The Kier molecular flexibility index (Phi) is 6.84. The Bertz CT molecular complexity index is 955. The summed E-state index contributed by atoms with van der Waals surface area (Å²) in [5, 5.41) is 2.67. The largest absolute Gasteiger partial charge is 0.494 e. The lowest BCUT2D eigenvalue weighted by Gasteiger charge is -2.11. The predicted molar refractivity (Wildman–Crippen MR) is 109 cm³/mol. The van der Waals surface area contributed by atoms with E-state index in [9.17, 15) is 9.59 Å². The number of hydrogen-bond acceptors (Lipinski definition) is 5. The number of nitrogens with one attached hydrogen (secondary N) is 1. The second kappa shape index (κ2) is 9.94. The van der Waals surface area contributed by atoms with Crippen LogP contribution in [0.4, 0.5) is 5.69 Å². The summed E-state index contributed by atoms with van der Waals surface area (Å²) in [6.07, 6.45) is 0. The van der Waals surface area contributed by atoms with Gasteiger partial charge in [-0.05, 0) is 55.5 Å². The minimum atomic E-state index is -0.640. The molecule has 0 fully saturated rings. The van der Waals surface area contributed by atoms with Crippen LogP contribution in [0, 0.1) is 0 Å². The minimum absolute atomic E-state index is 0.241. The van der Waals surface area contributed by atoms with Crippen LogP contribution in [0.5, 0.6) is 17.2 Å². The summed E-state index contributed by atoms with van der Waals surface area (Å²) in [6.45, 7) is 2.05. The van der Waals surface area contributed by atoms with Crippen LogP contribution in [0.2, 0.25) is 0 Å². The second-order valence-corrected chi connectivity index (χ2v) is 5.99. The van der Waals surface area contributed by atoms with Crippen LogP contribution in [0.25, 0.3) is 0 Å². The third-order valence-corrected chi connectivity index (χ3v) is 3.86. The zero-order chi connectivity index (χ0) is 20.5. The lowest BCUT2D eigenvalue weighted by molar-refractivity contribution is -0.119. The SMILES string of the molecule is CCOc1ccc(NC(=O)COC(=O)c2ccccc2Oc2ccccc2)cc1. The average molecular weight is 391 g/mol. The van der Waals surface area contributed by atoms with Crippen molar-refractivity contribution >= 4 is 17.6 Å². The minimum Gasteiger partial charge on any atom is -0.494 e. The molecule has 29 heavy (non-hydrogen) atoms. The normalized spacial score (nSPS) is 10.1. The molecule has 0 aliphatic rings. The molecule has 0 aliphatic carbocycles. The van der Waals surface area contributed by atoms with Gasteiger partial charge in [-0.3, -0.25) is 4.79 Å². The first kappa shape index (κ1) is 19.9. The number of benzene rings is 3. The Morgan fingerprint density at radius 2 is 1.52 bits per heavy atom. The first-order chi connectivity index (χ1) is 14.2. The molecule has 0 aliphatic heterocycles. The second-order valence-electron chi connectivity index (χ2n) is 5.99. The van der Waals surface area contributed by atoms with E-state index in [0.29, 0.717) is 29.5 Å². The number of para-hydroxylation sites is 2. The number of hydrogen-bond donors (Lipinski definition) is 1. The fourth-order valence-electron chi connectivity index (χ4n) is 2.55. The summed E-state index contributed by atoms with van der Waals surface area (Å²) in [4.78, 5) is 24.5. The summed E-state index contributed by atoms with van der Waals surface area (Å²) >= 11 is 0. The van der Waals surface area contributed by atoms with E-state index in [1.807, 2.05) is 25.1 Å². The zero-order valence-electron chi connectivity index (χ0n) is 16.0. The monoisotopic (exact) mass is 391 g/mol. The molecule has 0 saturated heterocycles. The van der Waals surface area contributed by atoms with Crippen LogP contribution in [0.15, 0.2) is 78.9 Å². The fourth-order valence-corrected chi connectivity index (χ4v) is 2.55. The summed E-state index contributed by atoms with van der Waals surface area (Å²) in [6, 6.07) is 22.8. The maximum absolute atomic E-state index is 12.4. The van der Waals surface area contributed by atoms with Crippen LogP contribution < -0.4 is 14.8 Å². The molecular formula is C23H21NO5. The molecular weight excluding hydrogens is 370 g/mol. The zero-order valence-corrected chi connectivity index (χ0v) is 16.0. The molecule has 0 atom stereocenters. The Balaban J connectivity index is 1.57. The number of rotatable bonds is 8. The van der Waals surface area contributed by atoms with E-state index < -0.39 is 18.5 Å². The first-order valence-corrected chi connectivity index (χ1v) is 9.17. The smallest absolute Gasteiger partial charge is 0.342 e. The van der Waals surface area contributed by atoms with E-state index >= 15 is 0 Å². The van der Waals surface area contributed by atoms with Crippen LogP contribution >= 0.6 is 0 Å². The van der Waals surface area contributed by atoms with Gasteiger partial charge in [-0.25, -0.2) is 4.79 Å². The van der Waals surface area contributed by atoms with Gasteiger partial charge in [-0.15, -0.1) is 0 Å². The number of amides is 1. The van der Waals surface area contributed by atoms with Crippen LogP contribution in [0.1, 0.15) is 17.3 Å². The summed E-state index contributed by atoms with van der Waals surface area (Å²) in [7, 11) is 0. The Morgan fingerprint density at radius 1 is 0.828 bits per heavy atom. The van der Waals surface area contributed by atoms with Crippen molar-refractivity contribution in [1.82, 2.24) is 0 Å². The van der Waals surface area contributed by atoms with Crippen LogP contribution in [-0.2, 0) is 9.53 Å². The van der Waals surface area contributed by atoms with E-state index in [1.165, 1.54) is 0 Å². The van der Waals surface area contributed by atoms with Gasteiger partial charge >= 0.3 is 5.97 Å². The number of carbonyl (C=O) groups excluding carboxylic acids is 2. The first-order valence-electron chi connectivity index (χ1n) is 9.17. The average Bonchev–Trinajstić information content (AvgIpc) is 2.75. The van der Waals surface area contributed by atoms with Crippen molar-refractivity contribution in [2.75, 3.05) is 18.5 Å². The van der Waals surface area contributed by atoms with E-state index in [4.69, 9.17) is 14.2 Å². The molecule has 0 heterocycles. The van der Waals surface area contributed by atoms with Gasteiger partial charge in [0.05, 0.1) is 6.61 Å². The van der Waals surface area contributed by atoms with Crippen molar-refractivity contribution < 1.29 is 23.8 Å². The summed E-state index contributed by atoms with van der Waals surface area (Å²) < 4.78 is 16.3. The van der Waals surface area contributed by atoms with Gasteiger partial charge in [0.25, 0.3) is 5.91 Å². The van der Waals surface area contributed by atoms with Gasteiger partial charge in [0.15, 0.2) is 6.61 Å². The van der Waals surface area contributed by atoms with Crippen LogP contribution in [0.3, 0.4) is 0 Å². The molecule has 0 radical (unpaired) electrons. The highest BCUT2D eigenvalue weighted by Crippen LogP contribution is 2.25. The molecule has 1 N–H and O–H groups in total. The highest BCUT2D eigenvalue weighted by atomic mass is 16.5. The van der Waals surface area contributed by atoms with E-state index in [1.54, 1.807) is 60.7 Å². The number of anilines is 1. The van der Waals surface area contributed by atoms with Gasteiger partial charge in [0, 0.05) is 5.69 Å². The maximum Gasteiger partial charge on any atom is 0.342 e. The van der Waals surface area contributed by atoms with Crippen molar-refractivity contribution in [2.45, 2.75) is 6.92 Å². The third-order valence-electron chi connectivity index (χ3n) is 3.86. The molecule has 3 aromatic rings. The quantitative estimate of drug-likeness (QED) is 0.565. The molecule has 0 aromatic heterocycles. The van der Waals surface area contributed by atoms with Gasteiger partial charge in [0.1, 0.15) is 22.8 Å². The topological polar surface area (TPSA) is 73.9 Å². The fraction of sp³-hybridized carbons (Fsp3) is 0.130. The third kappa shape index (κ3) is 5.84. The highest BCUT2D eigenvalue weighted by molar-refractivity contribution is 5.96. The van der Waals surface area contributed by atoms with Crippen molar-refractivity contribution in [3.63, 3.8) is 0 Å². The molecule has 0 saturated carbocycles. The van der Waals surface area contributed by atoms with E-state index in [2.05, 4.69) is 5.32 Å². The molecule has 1 amide bonds. The molecule has 0 bridgehead atoms. The van der Waals surface area contributed by atoms with E-state index in [-0.39, 0.29) is 5.56 Å². The van der Waals surface area contributed by atoms with E-state index in [0.717, 1.165) is 0 Å². The summed E-state index contributed by atoms with van der Waals surface area (Å²) in [5.41, 5.74) is 0.826. The molecule has 6 heteroatoms. The lowest BCUT2D eigenvalue weighted by Crippen LogP contribution is -2.21. The summed E-state index contributed by atoms with van der Waals surface area (Å²) in [5.74, 6) is 0.589. The van der Waals surface area contributed by atoms with Crippen molar-refractivity contribution in [1.29, 1.82) is 0 Å². The standard InChI is InChI=1S/C23H21NO5/c1-2-27-18-14-12-17(13-15-18)24-22(25)16-28-23(26)20-10-6-7-11-21(20)29-19-8-4-3-5-9-19/h3-15H,2,16H2,1H3,(H,24,25). The molecule has 6 nitrogen and oxygen atoms in total. The number of ether oxygens (including phenoxy) is 3. The highest BCUT2D eigenvalue weighted by Gasteiger charge is 2.16. The Labute approximate surface area is 169 Å². The number of esters is 1. The van der Waals surface area contributed by atoms with Gasteiger partial charge < -0.3 is 19.5 Å². The predicted octanol–water partition coefficient (Wildman–Crippen LogP) is 4.67. The number of carbonyl (C=O) groups is 2. The molecule has 3 rings (SSSR count). The van der Waals surface area contributed by atoms with Crippen molar-refractivity contribution in [3.05, 3.63) is 84.4 Å². The molecule has 0 spiro atoms. The van der Waals surface area contributed by atoms with Gasteiger partial charge in [-0.1, -0.05) is 30.3 Å². The van der Waals surface area contributed by atoms with Crippen LogP contribution in [-0.4, -0.2) is 25.1 Å². The van der Waals surface area contributed by atoms with Crippen molar-refractivity contribution in [2.24, 2.45) is 0 Å². The van der Waals surface area contributed by atoms with Crippen molar-refractivity contribution in [3.8, 4) is 17.2 Å². The maximum atomic E-state index is 12.4. The molecule has 3 aromatic carbocycles. The Morgan fingerprint density at radius 3 is 2.24 bits per heavy atom. The Hall–Kier alpha value is -3.80. The lowest BCUT2D eigenvalue weighted by atomic mass is 10.2. The van der Waals surface area contributed by atoms with Gasteiger partial charge in [0.2, 0.25) is 0 Å². The van der Waals surface area contributed by atoms with Gasteiger partial charge in [-0.2, -0.15) is 0 Å².